The fourth-order valence-corrected chi connectivity index (χ4v) is 1.71. The fraction of sp³-hybridized carbons (Fsp3) is 0. The zero-order valence-corrected chi connectivity index (χ0v) is 9.40. The van der Waals surface area contributed by atoms with Crippen molar-refractivity contribution >= 4 is 27.6 Å². The molecule has 1 aromatic carbocycles. The number of nitrogens with two attached hydrogens (primary N) is 2. The van der Waals surface area contributed by atoms with Gasteiger partial charge in [0.25, 0.3) is 0 Å². The van der Waals surface area contributed by atoms with Gasteiger partial charge in [-0.15, -0.1) is 0 Å². The molecule has 0 unspecified atom stereocenters. The van der Waals surface area contributed by atoms with Crippen molar-refractivity contribution in [3.63, 3.8) is 0 Å². The van der Waals surface area contributed by atoms with Crippen LogP contribution in [0.4, 0.5) is 11.6 Å². The lowest BCUT2D eigenvalue weighted by molar-refractivity contribution is 1.19. The van der Waals surface area contributed by atoms with Crippen LogP contribution in [0.15, 0.2) is 34.8 Å². The molecule has 1 aromatic heterocycles. The van der Waals surface area contributed by atoms with Gasteiger partial charge in [0, 0.05) is 16.1 Å². The van der Waals surface area contributed by atoms with Crippen LogP contribution in [-0.2, 0) is 0 Å². The first-order chi connectivity index (χ1) is 7.16. The molecular weight excluding hydrogens is 256 g/mol. The van der Waals surface area contributed by atoms with Crippen LogP contribution in [0.1, 0.15) is 0 Å². The van der Waals surface area contributed by atoms with E-state index in [4.69, 9.17) is 11.5 Å². The molecule has 0 spiro atoms. The molecule has 2 rings (SSSR count). The van der Waals surface area contributed by atoms with E-state index in [1.165, 1.54) is 6.07 Å². The zero-order chi connectivity index (χ0) is 10.8. The first-order valence-electron chi connectivity index (χ1n) is 4.32. The van der Waals surface area contributed by atoms with Crippen LogP contribution in [0.5, 0.6) is 0 Å². The summed E-state index contributed by atoms with van der Waals surface area (Å²) in [5.74, 6) is 1.27. The summed E-state index contributed by atoms with van der Waals surface area (Å²) in [7, 11) is 0. The second-order valence-corrected chi connectivity index (χ2v) is 3.88. The number of rotatable bonds is 1. The molecule has 0 saturated carbocycles. The standard InChI is InChI=1S/C10H9BrN4/c11-7-4-2-1-3-6(7)10-14-8(12)5-9(13)15-10/h1-5H,(H4,12,13,14,15). The summed E-state index contributed by atoms with van der Waals surface area (Å²) in [6.07, 6.45) is 0. The zero-order valence-electron chi connectivity index (χ0n) is 7.81. The number of hydrogen-bond acceptors (Lipinski definition) is 4. The van der Waals surface area contributed by atoms with Crippen molar-refractivity contribution < 1.29 is 0 Å². The SMILES string of the molecule is Nc1cc(N)nc(-c2ccccc2Br)n1. The van der Waals surface area contributed by atoms with Crippen molar-refractivity contribution in [2.24, 2.45) is 0 Å². The van der Waals surface area contributed by atoms with Crippen LogP contribution < -0.4 is 11.5 Å². The maximum Gasteiger partial charge on any atom is 0.164 e. The molecule has 5 heteroatoms. The molecule has 0 atom stereocenters. The molecule has 0 aliphatic rings. The summed E-state index contributed by atoms with van der Waals surface area (Å²) < 4.78 is 0.912. The van der Waals surface area contributed by atoms with E-state index in [2.05, 4.69) is 25.9 Å². The van der Waals surface area contributed by atoms with Gasteiger partial charge in [0.1, 0.15) is 11.6 Å². The number of aromatic nitrogens is 2. The second kappa shape index (κ2) is 3.86. The molecular formula is C10H9BrN4. The van der Waals surface area contributed by atoms with Crippen molar-refractivity contribution in [3.8, 4) is 11.4 Å². The minimum Gasteiger partial charge on any atom is -0.384 e. The highest BCUT2D eigenvalue weighted by Crippen LogP contribution is 2.25. The Bertz CT molecular complexity index is 478. The third-order valence-corrected chi connectivity index (χ3v) is 2.57. The molecule has 0 aliphatic carbocycles. The molecule has 0 fully saturated rings. The van der Waals surface area contributed by atoms with Crippen LogP contribution in [-0.4, -0.2) is 9.97 Å². The Morgan fingerprint density at radius 2 is 1.60 bits per heavy atom. The average molecular weight is 265 g/mol. The van der Waals surface area contributed by atoms with E-state index in [9.17, 15) is 0 Å². The van der Waals surface area contributed by atoms with Crippen molar-refractivity contribution in [1.29, 1.82) is 0 Å². The molecule has 76 valence electrons. The van der Waals surface area contributed by atoms with Crippen LogP contribution in [0.2, 0.25) is 0 Å². The van der Waals surface area contributed by atoms with E-state index >= 15 is 0 Å². The highest BCUT2D eigenvalue weighted by molar-refractivity contribution is 9.10. The lowest BCUT2D eigenvalue weighted by Gasteiger charge is -2.04. The summed E-state index contributed by atoms with van der Waals surface area (Å²) >= 11 is 3.42. The Kier molecular flexibility index (Phi) is 2.55. The average Bonchev–Trinajstić information content (AvgIpc) is 2.16. The van der Waals surface area contributed by atoms with E-state index in [0.717, 1.165) is 10.0 Å². The fourth-order valence-electron chi connectivity index (χ4n) is 1.25. The van der Waals surface area contributed by atoms with Gasteiger partial charge < -0.3 is 11.5 Å². The number of anilines is 2. The molecule has 4 nitrogen and oxygen atoms in total. The molecule has 2 aromatic rings. The number of nitrogens with zero attached hydrogens (tertiary/aromatic N) is 2. The molecule has 1 heterocycles. The van der Waals surface area contributed by atoms with E-state index in [-0.39, 0.29) is 0 Å². The minimum atomic E-state index is 0.369. The topological polar surface area (TPSA) is 77.8 Å². The first-order valence-corrected chi connectivity index (χ1v) is 5.11. The normalized spacial score (nSPS) is 10.2. The van der Waals surface area contributed by atoms with Gasteiger partial charge in [0.05, 0.1) is 0 Å². The lowest BCUT2D eigenvalue weighted by Crippen LogP contribution is -2.00. The number of hydrogen-bond donors (Lipinski definition) is 2. The molecule has 0 saturated heterocycles. The summed E-state index contributed by atoms with van der Waals surface area (Å²) in [6.45, 7) is 0. The molecule has 15 heavy (non-hydrogen) atoms. The Hall–Kier alpha value is -1.62. The van der Waals surface area contributed by atoms with Crippen molar-refractivity contribution in [1.82, 2.24) is 9.97 Å². The first kappa shape index (κ1) is 9.92. The smallest absolute Gasteiger partial charge is 0.164 e. The largest absolute Gasteiger partial charge is 0.384 e. The molecule has 0 bridgehead atoms. The molecule has 0 aliphatic heterocycles. The van der Waals surface area contributed by atoms with Gasteiger partial charge in [-0.3, -0.25) is 0 Å². The number of benzene rings is 1. The Balaban J connectivity index is 2.59. The highest BCUT2D eigenvalue weighted by atomic mass is 79.9. The van der Waals surface area contributed by atoms with Crippen LogP contribution >= 0.6 is 15.9 Å². The van der Waals surface area contributed by atoms with Gasteiger partial charge in [-0.05, 0) is 6.07 Å². The predicted octanol–water partition coefficient (Wildman–Crippen LogP) is 2.07. The maximum atomic E-state index is 5.60. The van der Waals surface area contributed by atoms with E-state index in [1.807, 2.05) is 24.3 Å². The van der Waals surface area contributed by atoms with Gasteiger partial charge >= 0.3 is 0 Å². The van der Waals surface area contributed by atoms with Gasteiger partial charge in [-0.2, -0.15) is 0 Å². The quantitative estimate of drug-likeness (QED) is 0.827. The highest BCUT2D eigenvalue weighted by Gasteiger charge is 2.06. The minimum absolute atomic E-state index is 0.369. The summed E-state index contributed by atoms with van der Waals surface area (Å²) in [5.41, 5.74) is 12.1. The molecule has 0 radical (unpaired) electrons. The molecule has 4 N–H and O–H groups in total. The lowest BCUT2D eigenvalue weighted by atomic mass is 10.2. The van der Waals surface area contributed by atoms with E-state index in [0.29, 0.717) is 17.5 Å². The third-order valence-electron chi connectivity index (χ3n) is 1.88. The Labute approximate surface area is 95.5 Å². The van der Waals surface area contributed by atoms with Crippen LogP contribution in [0, 0.1) is 0 Å². The maximum absolute atomic E-state index is 5.60. The van der Waals surface area contributed by atoms with Gasteiger partial charge in [-0.25, -0.2) is 9.97 Å². The summed E-state index contributed by atoms with van der Waals surface area (Å²) in [6, 6.07) is 9.17. The van der Waals surface area contributed by atoms with E-state index < -0.39 is 0 Å². The van der Waals surface area contributed by atoms with Gasteiger partial charge in [0.2, 0.25) is 0 Å². The number of halogens is 1. The third kappa shape index (κ3) is 2.07. The second-order valence-electron chi connectivity index (χ2n) is 3.02. The number of nitrogen functional groups attached to an aromatic ring is 2. The van der Waals surface area contributed by atoms with E-state index in [1.54, 1.807) is 0 Å². The summed E-state index contributed by atoms with van der Waals surface area (Å²) in [4.78, 5) is 8.24. The van der Waals surface area contributed by atoms with Crippen molar-refractivity contribution in [2.75, 3.05) is 11.5 Å². The van der Waals surface area contributed by atoms with Crippen LogP contribution in [0.25, 0.3) is 11.4 Å². The van der Waals surface area contributed by atoms with Crippen LogP contribution in [0.3, 0.4) is 0 Å². The van der Waals surface area contributed by atoms with Crippen molar-refractivity contribution in [2.45, 2.75) is 0 Å². The van der Waals surface area contributed by atoms with Crippen molar-refractivity contribution in [3.05, 3.63) is 34.8 Å². The van der Waals surface area contributed by atoms with Gasteiger partial charge in [0.15, 0.2) is 5.82 Å². The monoisotopic (exact) mass is 264 g/mol. The Morgan fingerprint density at radius 1 is 1.00 bits per heavy atom. The predicted molar refractivity (Wildman–Crippen MR) is 64.0 cm³/mol. The van der Waals surface area contributed by atoms with Gasteiger partial charge in [-0.1, -0.05) is 34.1 Å². The molecule has 0 amide bonds. The Morgan fingerprint density at radius 3 is 2.20 bits per heavy atom. The summed E-state index contributed by atoms with van der Waals surface area (Å²) in [5, 5.41) is 0.